The molecule has 0 fully saturated rings. The van der Waals surface area contributed by atoms with Gasteiger partial charge in [-0.3, -0.25) is 4.68 Å². The predicted octanol–water partition coefficient (Wildman–Crippen LogP) is 2.80. The van der Waals surface area contributed by atoms with Gasteiger partial charge in [-0.05, 0) is 25.3 Å². The second-order valence-corrected chi connectivity index (χ2v) is 4.11. The lowest BCUT2D eigenvalue weighted by Crippen LogP contribution is -1.94. The van der Waals surface area contributed by atoms with Crippen molar-refractivity contribution < 1.29 is 0 Å². The van der Waals surface area contributed by atoms with E-state index in [0.717, 1.165) is 12.2 Å². The first-order valence-corrected chi connectivity index (χ1v) is 5.48. The molecule has 0 saturated heterocycles. The largest absolute Gasteiger partial charge is 0.269 e. The summed E-state index contributed by atoms with van der Waals surface area (Å²) in [5.41, 5.74) is 5.18. The molecule has 0 bridgehead atoms. The van der Waals surface area contributed by atoms with Gasteiger partial charge in [-0.2, -0.15) is 5.10 Å². The standard InChI is InChI=1S/C13H14N2/c1-10-12-8-5-9-15(12)14-13(10)11-6-3-2-4-7-11/h2-4,6-7H,5,8-9H2,1H3. The Labute approximate surface area is 89.5 Å². The van der Waals surface area contributed by atoms with Crippen LogP contribution in [-0.4, -0.2) is 9.78 Å². The van der Waals surface area contributed by atoms with Crippen molar-refractivity contribution in [1.82, 2.24) is 9.78 Å². The number of fused-ring (bicyclic) bond motifs is 1. The van der Waals surface area contributed by atoms with Crippen LogP contribution in [-0.2, 0) is 13.0 Å². The summed E-state index contributed by atoms with van der Waals surface area (Å²) in [6.07, 6.45) is 2.43. The summed E-state index contributed by atoms with van der Waals surface area (Å²) in [7, 11) is 0. The van der Waals surface area contributed by atoms with Crippen LogP contribution in [0.15, 0.2) is 30.3 Å². The number of rotatable bonds is 1. The van der Waals surface area contributed by atoms with Crippen LogP contribution in [0.5, 0.6) is 0 Å². The molecule has 0 saturated carbocycles. The van der Waals surface area contributed by atoms with E-state index in [4.69, 9.17) is 0 Å². The fourth-order valence-corrected chi connectivity index (χ4v) is 2.35. The minimum atomic E-state index is 1.09. The monoisotopic (exact) mass is 198 g/mol. The number of benzene rings is 1. The Morgan fingerprint density at radius 3 is 2.73 bits per heavy atom. The molecule has 2 heterocycles. The van der Waals surface area contributed by atoms with E-state index in [-0.39, 0.29) is 0 Å². The molecule has 2 heteroatoms. The maximum absolute atomic E-state index is 4.68. The molecular weight excluding hydrogens is 184 g/mol. The van der Waals surface area contributed by atoms with Gasteiger partial charge in [0.25, 0.3) is 0 Å². The average molecular weight is 198 g/mol. The molecule has 0 amide bonds. The van der Waals surface area contributed by atoms with Crippen LogP contribution in [0.25, 0.3) is 11.3 Å². The van der Waals surface area contributed by atoms with Crippen molar-refractivity contribution in [3.63, 3.8) is 0 Å². The van der Waals surface area contributed by atoms with Gasteiger partial charge in [-0.25, -0.2) is 0 Å². The molecule has 1 aliphatic rings. The molecule has 1 aromatic heterocycles. The second-order valence-electron chi connectivity index (χ2n) is 4.11. The van der Waals surface area contributed by atoms with Gasteiger partial charge in [0, 0.05) is 17.8 Å². The Morgan fingerprint density at radius 1 is 1.20 bits per heavy atom. The van der Waals surface area contributed by atoms with Gasteiger partial charge in [0.05, 0.1) is 5.69 Å². The molecule has 0 N–H and O–H groups in total. The summed E-state index contributed by atoms with van der Waals surface area (Å²) in [5.74, 6) is 0. The van der Waals surface area contributed by atoms with E-state index in [2.05, 4.69) is 41.0 Å². The number of hydrogen-bond donors (Lipinski definition) is 0. The maximum atomic E-state index is 4.68. The van der Waals surface area contributed by atoms with Crippen LogP contribution < -0.4 is 0 Å². The van der Waals surface area contributed by atoms with Gasteiger partial charge in [0.2, 0.25) is 0 Å². The van der Waals surface area contributed by atoms with Crippen molar-refractivity contribution in [2.45, 2.75) is 26.3 Å². The van der Waals surface area contributed by atoms with Gasteiger partial charge in [0.1, 0.15) is 0 Å². The molecule has 2 aromatic rings. The Hall–Kier alpha value is -1.57. The summed E-state index contributed by atoms with van der Waals surface area (Å²) in [6.45, 7) is 3.27. The van der Waals surface area contributed by atoms with E-state index < -0.39 is 0 Å². The van der Waals surface area contributed by atoms with E-state index in [0.29, 0.717) is 0 Å². The predicted molar refractivity (Wildman–Crippen MR) is 60.7 cm³/mol. The van der Waals surface area contributed by atoms with Crippen LogP contribution in [0.3, 0.4) is 0 Å². The van der Waals surface area contributed by atoms with E-state index in [1.165, 1.54) is 29.7 Å². The molecular formula is C13H14N2. The van der Waals surface area contributed by atoms with E-state index in [1.54, 1.807) is 0 Å². The van der Waals surface area contributed by atoms with Crippen LogP contribution in [0.4, 0.5) is 0 Å². The third-order valence-corrected chi connectivity index (χ3v) is 3.15. The van der Waals surface area contributed by atoms with Gasteiger partial charge < -0.3 is 0 Å². The van der Waals surface area contributed by atoms with Crippen molar-refractivity contribution in [3.05, 3.63) is 41.6 Å². The van der Waals surface area contributed by atoms with Gasteiger partial charge >= 0.3 is 0 Å². The molecule has 2 nitrogen and oxygen atoms in total. The minimum absolute atomic E-state index is 1.09. The van der Waals surface area contributed by atoms with Crippen molar-refractivity contribution in [2.75, 3.05) is 0 Å². The van der Waals surface area contributed by atoms with Gasteiger partial charge in [0.15, 0.2) is 0 Å². The number of nitrogens with zero attached hydrogens (tertiary/aromatic N) is 2. The number of aryl methyl sites for hydroxylation is 1. The lowest BCUT2D eigenvalue weighted by atomic mass is 10.1. The first-order valence-electron chi connectivity index (χ1n) is 5.48. The highest BCUT2D eigenvalue weighted by molar-refractivity contribution is 5.63. The van der Waals surface area contributed by atoms with E-state index >= 15 is 0 Å². The third-order valence-electron chi connectivity index (χ3n) is 3.15. The van der Waals surface area contributed by atoms with Crippen LogP contribution in [0.1, 0.15) is 17.7 Å². The number of hydrogen-bond acceptors (Lipinski definition) is 1. The second kappa shape index (κ2) is 3.23. The first-order chi connectivity index (χ1) is 7.36. The molecule has 0 spiro atoms. The fraction of sp³-hybridized carbons (Fsp3) is 0.308. The van der Waals surface area contributed by atoms with Crippen LogP contribution >= 0.6 is 0 Å². The molecule has 0 unspecified atom stereocenters. The molecule has 3 rings (SSSR count). The highest BCUT2D eigenvalue weighted by Gasteiger charge is 2.18. The van der Waals surface area contributed by atoms with Crippen molar-refractivity contribution in [2.24, 2.45) is 0 Å². The van der Waals surface area contributed by atoms with Crippen molar-refractivity contribution >= 4 is 0 Å². The van der Waals surface area contributed by atoms with Crippen molar-refractivity contribution in [1.29, 1.82) is 0 Å². The molecule has 1 aliphatic heterocycles. The lowest BCUT2D eigenvalue weighted by Gasteiger charge is -1.98. The summed E-state index contributed by atoms with van der Waals surface area (Å²) >= 11 is 0. The highest BCUT2D eigenvalue weighted by atomic mass is 15.3. The van der Waals surface area contributed by atoms with Crippen molar-refractivity contribution in [3.8, 4) is 11.3 Å². The summed E-state index contributed by atoms with van der Waals surface area (Å²) in [4.78, 5) is 0. The zero-order valence-electron chi connectivity index (χ0n) is 8.90. The molecule has 0 aliphatic carbocycles. The number of aromatic nitrogens is 2. The van der Waals surface area contributed by atoms with Gasteiger partial charge in [-0.1, -0.05) is 30.3 Å². The average Bonchev–Trinajstić information content (AvgIpc) is 2.83. The summed E-state index contributed by atoms with van der Waals surface area (Å²) in [5, 5.41) is 4.68. The molecule has 0 radical (unpaired) electrons. The van der Waals surface area contributed by atoms with E-state index in [1.807, 2.05) is 6.07 Å². The molecule has 76 valence electrons. The highest BCUT2D eigenvalue weighted by Crippen LogP contribution is 2.28. The summed E-state index contributed by atoms with van der Waals surface area (Å²) < 4.78 is 2.16. The Bertz CT molecular complexity index is 483. The van der Waals surface area contributed by atoms with Crippen LogP contribution in [0.2, 0.25) is 0 Å². The molecule has 0 atom stereocenters. The Kier molecular flexibility index (Phi) is 1.88. The topological polar surface area (TPSA) is 17.8 Å². The van der Waals surface area contributed by atoms with Gasteiger partial charge in [-0.15, -0.1) is 0 Å². The maximum Gasteiger partial charge on any atom is 0.0955 e. The zero-order valence-corrected chi connectivity index (χ0v) is 8.90. The minimum Gasteiger partial charge on any atom is -0.269 e. The SMILES string of the molecule is Cc1c(-c2ccccc2)nn2c1CCC2. The van der Waals surface area contributed by atoms with E-state index in [9.17, 15) is 0 Å². The first kappa shape index (κ1) is 8.72. The summed E-state index contributed by atoms with van der Waals surface area (Å²) in [6, 6.07) is 10.4. The normalized spacial score (nSPS) is 14.2. The zero-order chi connectivity index (χ0) is 10.3. The quantitative estimate of drug-likeness (QED) is 0.689. The lowest BCUT2D eigenvalue weighted by molar-refractivity contribution is 0.659. The smallest absolute Gasteiger partial charge is 0.0955 e. The third kappa shape index (κ3) is 1.29. The van der Waals surface area contributed by atoms with Crippen LogP contribution in [0, 0.1) is 6.92 Å². The Morgan fingerprint density at radius 2 is 2.00 bits per heavy atom. The fourth-order valence-electron chi connectivity index (χ4n) is 2.35. The molecule has 1 aromatic carbocycles. The Balaban J connectivity index is 2.14. The molecule has 15 heavy (non-hydrogen) atoms.